The molecule has 3 aromatic heterocycles. The maximum Gasteiger partial charge on any atom is 0.224 e. The van der Waals surface area contributed by atoms with Crippen LogP contribution in [0.5, 0.6) is 0 Å². The normalized spacial score (nSPS) is 19.6. The van der Waals surface area contributed by atoms with Gasteiger partial charge in [0.2, 0.25) is 5.95 Å². The van der Waals surface area contributed by atoms with E-state index in [0.717, 1.165) is 45.9 Å². The molecule has 0 unspecified atom stereocenters. The summed E-state index contributed by atoms with van der Waals surface area (Å²) in [4.78, 5) is 20.7. The summed E-state index contributed by atoms with van der Waals surface area (Å²) in [5.41, 5.74) is 3.91. The summed E-state index contributed by atoms with van der Waals surface area (Å²) in [6.07, 6.45) is 9.57. The summed E-state index contributed by atoms with van der Waals surface area (Å²) in [5, 5.41) is 5.38. The molecular weight excluding hydrogens is 328 g/mol. The van der Waals surface area contributed by atoms with Crippen LogP contribution in [0.1, 0.15) is 12.8 Å². The van der Waals surface area contributed by atoms with Crippen molar-refractivity contribution < 1.29 is 4.74 Å². The highest BCUT2D eigenvalue weighted by molar-refractivity contribution is 5.96. The van der Waals surface area contributed by atoms with Crippen molar-refractivity contribution in [1.29, 1.82) is 0 Å². The number of aromatic amines is 1. The average molecular weight is 346 g/mol. The molecule has 0 spiro atoms. The highest BCUT2D eigenvalue weighted by atomic mass is 16.5. The van der Waals surface area contributed by atoms with Crippen LogP contribution in [0, 0.1) is 0 Å². The van der Waals surface area contributed by atoms with Crippen LogP contribution in [0.15, 0.2) is 43.1 Å². The van der Waals surface area contributed by atoms with E-state index in [1.165, 1.54) is 0 Å². The lowest BCUT2D eigenvalue weighted by Crippen LogP contribution is -2.40. The third kappa shape index (κ3) is 2.57. The number of nitrogens with zero attached hydrogens (tertiary/aromatic N) is 4. The van der Waals surface area contributed by atoms with Crippen molar-refractivity contribution in [3.05, 3.63) is 43.1 Å². The molecule has 2 N–H and O–H groups in total. The molecule has 0 radical (unpaired) electrons. The molecule has 7 heteroatoms. The Kier molecular flexibility index (Phi) is 3.53. The summed E-state index contributed by atoms with van der Waals surface area (Å²) in [5.74, 6) is 0.650. The number of hydrogen-bond donors (Lipinski definition) is 2. The van der Waals surface area contributed by atoms with Gasteiger partial charge >= 0.3 is 0 Å². The predicted octanol–water partition coefficient (Wildman–Crippen LogP) is 3.16. The van der Waals surface area contributed by atoms with Gasteiger partial charge in [-0.05, 0) is 30.5 Å². The number of methoxy groups -OCH3 is 1. The van der Waals surface area contributed by atoms with Gasteiger partial charge in [0.1, 0.15) is 12.0 Å². The van der Waals surface area contributed by atoms with Crippen molar-refractivity contribution in [2.75, 3.05) is 12.4 Å². The van der Waals surface area contributed by atoms with E-state index in [-0.39, 0.29) is 0 Å². The van der Waals surface area contributed by atoms with Gasteiger partial charge in [-0.25, -0.2) is 15.0 Å². The molecule has 1 aliphatic rings. The zero-order valence-electron chi connectivity index (χ0n) is 14.3. The second-order valence-electron chi connectivity index (χ2n) is 6.62. The van der Waals surface area contributed by atoms with Crippen LogP contribution in [0.25, 0.3) is 33.1 Å². The molecule has 1 aromatic carbocycles. The first-order chi connectivity index (χ1) is 12.8. The molecule has 26 heavy (non-hydrogen) atoms. The molecule has 0 amide bonds. The van der Waals surface area contributed by atoms with Crippen LogP contribution in [-0.4, -0.2) is 44.2 Å². The van der Waals surface area contributed by atoms with Crippen molar-refractivity contribution in [2.45, 2.75) is 25.0 Å². The highest BCUT2D eigenvalue weighted by Gasteiger charge is 2.29. The van der Waals surface area contributed by atoms with E-state index < -0.39 is 0 Å². The van der Waals surface area contributed by atoms with Crippen LogP contribution >= 0.6 is 0 Å². The van der Waals surface area contributed by atoms with Crippen LogP contribution in [0.4, 0.5) is 5.95 Å². The van der Waals surface area contributed by atoms with Gasteiger partial charge in [0, 0.05) is 48.1 Å². The molecule has 0 aliphatic heterocycles. The summed E-state index contributed by atoms with van der Waals surface area (Å²) in [6.45, 7) is 0. The van der Waals surface area contributed by atoms with Gasteiger partial charge < -0.3 is 15.0 Å². The van der Waals surface area contributed by atoms with Gasteiger partial charge in [0.15, 0.2) is 0 Å². The Labute approximate surface area is 149 Å². The number of aromatic nitrogens is 5. The minimum atomic E-state index is 0.352. The smallest absolute Gasteiger partial charge is 0.224 e. The molecule has 0 bridgehead atoms. The van der Waals surface area contributed by atoms with Crippen molar-refractivity contribution in [3.8, 4) is 11.1 Å². The van der Waals surface area contributed by atoms with E-state index in [2.05, 4.69) is 42.4 Å². The van der Waals surface area contributed by atoms with Crippen molar-refractivity contribution in [3.63, 3.8) is 0 Å². The lowest BCUT2D eigenvalue weighted by Gasteiger charge is -2.34. The largest absolute Gasteiger partial charge is 0.381 e. The minimum Gasteiger partial charge on any atom is -0.381 e. The minimum absolute atomic E-state index is 0.352. The summed E-state index contributed by atoms with van der Waals surface area (Å²) >= 11 is 0. The molecule has 5 rings (SSSR count). The zero-order chi connectivity index (χ0) is 17.5. The van der Waals surface area contributed by atoms with E-state index in [4.69, 9.17) is 4.74 Å². The third-order valence-corrected chi connectivity index (χ3v) is 5.01. The second-order valence-corrected chi connectivity index (χ2v) is 6.62. The second kappa shape index (κ2) is 6.03. The number of hydrogen-bond acceptors (Lipinski definition) is 6. The Morgan fingerprint density at radius 3 is 3.00 bits per heavy atom. The SMILES string of the molecule is COC1CC(Nc2ncc3c(-c4ccc5ncncc5c4)c[nH]c3n2)C1. The standard InChI is InChI=1S/C19H18N6O/c1-26-14-5-13(6-14)24-19-22-9-16-15(8-21-18(16)25-19)11-2-3-17-12(4-11)7-20-10-23-17/h2-4,7-10,13-14H,5-6H2,1H3,(H2,21,22,24,25). The van der Waals surface area contributed by atoms with Crippen molar-refractivity contribution in [2.24, 2.45) is 0 Å². The number of rotatable bonds is 4. The molecule has 1 saturated carbocycles. The molecular formula is C19H18N6O. The highest BCUT2D eigenvalue weighted by Crippen LogP contribution is 2.30. The first kappa shape index (κ1) is 15.2. The Hall–Kier alpha value is -3.06. The van der Waals surface area contributed by atoms with Crippen molar-refractivity contribution >= 4 is 27.9 Å². The number of anilines is 1. The van der Waals surface area contributed by atoms with E-state index in [1.807, 2.05) is 24.7 Å². The Morgan fingerprint density at radius 1 is 1.19 bits per heavy atom. The van der Waals surface area contributed by atoms with Crippen molar-refractivity contribution in [1.82, 2.24) is 24.9 Å². The molecule has 130 valence electrons. The van der Waals surface area contributed by atoms with Gasteiger partial charge in [0.05, 0.1) is 11.6 Å². The molecule has 7 nitrogen and oxygen atoms in total. The molecule has 3 heterocycles. The summed E-state index contributed by atoms with van der Waals surface area (Å²) in [6, 6.07) is 6.53. The fraction of sp³-hybridized carbons (Fsp3) is 0.263. The number of H-pyrrole nitrogens is 1. The van der Waals surface area contributed by atoms with Gasteiger partial charge in [-0.2, -0.15) is 4.98 Å². The van der Waals surface area contributed by atoms with Crippen LogP contribution in [0.3, 0.4) is 0 Å². The predicted molar refractivity (Wildman–Crippen MR) is 99.9 cm³/mol. The Balaban J connectivity index is 1.45. The van der Waals surface area contributed by atoms with E-state index in [1.54, 1.807) is 13.4 Å². The first-order valence-electron chi connectivity index (χ1n) is 8.64. The molecule has 4 aromatic rings. The van der Waals surface area contributed by atoms with Gasteiger partial charge in [-0.1, -0.05) is 6.07 Å². The molecule has 0 saturated heterocycles. The molecule has 1 aliphatic carbocycles. The third-order valence-electron chi connectivity index (χ3n) is 5.01. The number of benzene rings is 1. The van der Waals surface area contributed by atoms with Crippen LogP contribution < -0.4 is 5.32 Å². The summed E-state index contributed by atoms with van der Waals surface area (Å²) < 4.78 is 5.31. The average Bonchev–Trinajstić information content (AvgIpc) is 3.07. The topological polar surface area (TPSA) is 88.6 Å². The van der Waals surface area contributed by atoms with Gasteiger partial charge in [0.25, 0.3) is 0 Å². The van der Waals surface area contributed by atoms with E-state index in [9.17, 15) is 0 Å². The van der Waals surface area contributed by atoms with E-state index in [0.29, 0.717) is 18.1 Å². The first-order valence-corrected chi connectivity index (χ1v) is 8.64. The zero-order valence-corrected chi connectivity index (χ0v) is 14.3. The van der Waals surface area contributed by atoms with Gasteiger partial charge in [-0.15, -0.1) is 0 Å². The quantitative estimate of drug-likeness (QED) is 0.590. The maximum absolute atomic E-state index is 5.31. The lowest BCUT2D eigenvalue weighted by molar-refractivity contribution is 0.0327. The molecule has 0 atom stereocenters. The van der Waals surface area contributed by atoms with E-state index >= 15 is 0 Å². The molecule has 1 fully saturated rings. The van der Waals surface area contributed by atoms with Crippen LogP contribution in [0.2, 0.25) is 0 Å². The number of nitrogens with one attached hydrogen (secondary N) is 2. The maximum atomic E-state index is 5.31. The Morgan fingerprint density at radius 2 is 2.12 bits per heavy atom. The lowest BCUT2D eigenvalue weighted by atomic mass is 9.89. The van der Waals surface area contributed by atoms with Gasteiger partial charge in [-0.3, -0.25) is 0 Å². The number of fused-ring (bicyclic) bond motifs is 2. The van der Waals surface area contributed by atoms with Crippen LogP contribution in [-0.2, 0) is 4.74 Å². The fourth-order valence-corrected chi connectivity index (χ4v) is 3.43. The number of ether oxygens (including phenoxy) is 1. The monoisotopic (exact) mass is 346 g/mol. The summed E-state index contributed by atoms with van der Waals surface area (Å²) in [7, 11) is 1.75. The fourth-order valence-electron chi connectivity index (χ4n) is 3.43. The Bertz CT molecular complexity index is 1090.